The highest BCUT2D eigenvalue weighted by Gasteiger charge is 2.34. The van der Waals surface area contributed by atoms with Gasteiger partial charge >= 0.3 is 0 Å². The lowest BCUT2D eigenvalue weighted by Gasteiger charge is -2.43. The smallest absolute Gasteiger partial charge is 0.0795 e. The van der Waals surface area contributed by atoms with E-state index in [9.17, 15) is 0 Å². The van der Waals surface area contributed by atoms with Crippen LogP contribution in [0.5, 0.6) is 0 Å². The molecule has 1 heterocycles. The molecule has 0 bridgehead atoms. The van der Waals surface area contributed by atoms with Gasteiger partial charge in [0.1, 0.15) is 0 Å². The molecule has 18 heavy (non-hydrogen) atoms. The molecule has 0 spiro atoms. The second-order valence-electron chi connectivity index (χ2n) is 5.70. The summed E-state index contributed by atoms with van der Waals surface area (Å²) in [6.45, 7) is 3.28. The topological polar surface area (TPSA) is 28.2 Å². The summed E-state index contributed by atoms with van der Waals surface area (Å²) in [5, 5.41) is 5.82. The van der Waals surface area contributed by atoms with Crippen molar-refractivity contribution in [1.29, 1.82) is 0 Å². The molecule has 0 amide bonds. The van der Waals surface area contributed by atoms with Crippen LogP contribution >= 0.6 is 11.3 Å². The number of nitrogens with zero attached hydrogens (tertiary/aromatic N) is 2. The van der Waals surface area contributed by atoms with Crippen LogP contribution in [0.4, 0.5) is 0 Å². The maximum absolute atomic E-state index is 4.39. The molecule has 1 aromatic rings. The van der Waals surface area contributed by atoms with E-state index >= 15 is 0 Å². The van der Waals surface area contributed by atoms with Gasteiger partial charge in [-0.25, -0.2) is 4.98 Å². The van der Waals surface area contributed by atoms with Gasteiger partial charge < -0.3 is 10.2 Å². The van der Waals surface area contributed by atoms with E-state index in [-0.39, 0.29) is 0 Å². The summed E-state index contributed by atoms with van der Waals surface area (Å²) < 4.78 is 0. The van der Waals surface area contributed by atoms with Crippen molar-refractivity contribution in [3.63, 3.8) is 0 Å². The molecule has 1 aliphatic carbocycles. The van der Waals surface area contributed by atoms with E-state index < -0.39 is 0 Å². The van der Waals surface area contributed by atoms with E-state index in [1.165, 1.54) is 37.8 Å². The monoisotopic (exact) mass is 267 g/mol. The van der Waals surface area contributed by atoms with Gasteiger partial charge in [0.25, 0.3) is 0 Å². The lowest BCUT2D eigenvalue weighted by atomic mass is 9.80. The molecule has 1 N–H and O–H groups in total. The van der Waals surface area contributed by atoms with Crippen LogP contribution in [0.1, 0.15) is 50.8 Å². The Morgan fingerprint density at radius 3 is 2.67 bits per heavy atom. The molecule has 0 radical (unpaired) electrons. The Hall–Kier alpha value is -0.450. The van der Waals surface area contributed by atoms with Crippen molar-refractivity contribution in [2.75, 3.05) is 20.6 Å². The second-order valence-corrected chi connectivity index (χ2v) is 6.41. The number of thiazole rings is 1. The lowest BCUT2D eigenvalue weighted by Crippen LogP contribution is -2.53. The van der Waals surface area contributed by atoms with Gasteiger partial charge in [0, 0.05) is 23.5 Å². The minimum Gasteiger partial charge on any atom is -0.307 e. The maximum atomic E-state index is 4.39. The zero-order valence-corrected chi connectivity index (χ0v) is 12.6. The molecule has 0 aliphatic heterocycles. The molecule has 4 heteroatoms. The minimum absolute atomic E-state index is 0.350. The van der Waals surface area contributed by atoms with Gasteiger partial charge in [-0.1, -0.05) is 19.3 Å². The molecule has 0 saturated heterocycles. The van der Waals surface area contributed by atoms with Crippen LogP contribution in [0.15, 0.2) is 10.9 Å². The average Bonchev–Trinajstić information content (AvgIpc) is 2.91. The number of aromatic nitrogens is 1. The molecule has 0 aromatic carbocycles. The standard InChI is InChI=1S/C14H25N3S/c1-12(13-9-18-11-16-13)15-10-14(17(2)3)7-5-4-6-8-14/h9,11-12,15H,4-8,10H2,1-3H3. The lowest BCUT2D eigenvalue weighted by molar-refractivity contribution is 0.0957. The Bertz CT molecular complexity index is 342. The highest BCUT2D eigenvalue weighted by atomic mass is 32.1. The van der Waals surface area contributed by atoms with Crippen LogP contribution in [0, 0.1) is 0 Å². The van der Waals surface area contributed by atoms with Crippen LogP contribution in [0.3, 0.4) is 0 Å². The molecule has 1 atom stereocenters. The molecular formula is C14H25N3S. The van der Waals surface area contributed by atoms with Crippen molar-refractivity contribution < 1.29 is 0 Å². The molecule has 1 aliphatic rings. The van der Waals surface area contributed by atoms with Gasteiger partial charge in [0.2, 0.25) is 0 Å². The van der Waals surface area contributed by atoms with Gasteiger partial charge in [-0.05, 0) is 33.9 Å². The molecule has 1 aromatic heterocycles. The molecule has 102 valence electrons. The average molecular weight is 267 g/mol. The van der Waals surface area contributed by atoms with Crippen molar-refractivity contribution >= 4 is 11.3 Å². The van der Waals surface area contributed by atoms with Crippen molar-refractivity contribution in [1.82, 2.24) is 15.2 Å². The van der Waals surface area contributed by atoms with Crippen molar-refractivity contribution in [2.24, 2.45) is 0 Å². The Balaban J connectivity index is 1.93. The van der Waals surface area contributed by atoms with Crippen molar-refractivity contribution in [2.45, 2.75) is 50.6 Å². The SMILES string of the molecule is CC(NCC1(N(C)C)CCCCC1)c1cscn1. The van der Waals surface area contributed by atoms with E-state index in [0.717, 1.165) is 6.54 Å². The van der Waals surface area contributed by atoms with E-state index in [1.807, 2.05) is 5.51 Å². The fourth-order valence-corrected chi connectivity index (χ4v) is 3.52. The van der Waals surface area contributed by atoms with Crippen LogP contribution in [-0.2, 0) is 0 Å². The Morgan fingerprint density at radius 1 is 1.39 bits per heavy atom. The van der Waals surface area contributed by atoms with E-state index in [4.69, 9.17) is 0 Å². The van der Waals surface area contributed by atoms with Crippen molar-refractivity contribution in [3.8, 4) is 0 Å². The predicted molar refractivity (Wildman–Crippen MR) is 78.0 cm³/mol. The van der Waals surface area contributed by atoms with Crippen LogP contribution in [0.2, 0.25) is 0 Å². The summed E-state index contributed by atoms with van der Waals surface area (Å²) in [7, 11) is 4.45. The third kappa shape index (κ3) is 3.11. The van der Waals surface area contributed by atoms with Crippen molar-refractivity contribution in [3.05, 3.63) is 16.6 Å². The number of hydrogen-bond acceptors (Lipinski definition) is 4. The summed E-state index contributed by atoms with van der Waals surface area (Å²) in [6.07, 6.45) is 6.76. The van der Waals surface area contributed by atoms with Crippen LogP contribution in [-0.4, -0.2) is 36.1 Å². The Kier molecular flexibility index (Phi) is 4.76. The number of nitrogens with one attached hydrogen (secondary N) is 1. The largest absolute Gasteiger partial charge is 0.307 e. The third-order valence-corrected chi connectivity index (χ3v) is 4.97. The predicted octanol–water partition coefficient (Wildman–Crippen LogP) is 3.06. The minimum atomic E-state index is 0.350. The van der Waals surface area contributed by atoms with Gasteiger partial charge in [0.05, 0.1) is 11.2 Å². The molecular weight excluding hydrogens is 242 g/mol. The Labute approximate surface area is 115 Å². The summed E-state index contributed by atoms with van der Waals surface area (Å²) in [4.78, 5) is 6.81. The van der Waals surface area contributed by atoms with Gasteiger partial charge in [-0.15, -0.1) is 11.3 Å². The van der Waals surface area contributed by atoms with Gasteiger partial charge in [-0.2, -0.15) is 0 Å². The third-order valence-electron chi connectivity index (χ3n) is 4.37. The highest BCUT2D eigenvalue weighted by Crippen LogP contribution is 2.32. The maximum Gasteiger partial charge on any atom is 0.0795 e. The molecule has 2 rings (SSSR count). The summed E-state index contributed by atoms with van der Waals surface area (Å²) >= 11 is 1.67. The first-order valence-corrected chi connectivity index (χ1v) is 7.87. The number of rotatable bonds is 5. The first kappa shape index (κ1) is 14.0. The van der Waals surface area contributed by atoms with Crippen LogP contribution < -0.4 is 5.32 Å². The Morgan fingerprint density at radius 2 is 2.11 bits per heavy atom. The summed E-state index contributed by atoms with van der Waals surface area (Å²) in [6, 6.07) is 0.356. The summed E-state index contributed by atoms with van der Waals surface area (Å²) in [5.41, 5.74) is 3.43. The van der Waals surface area contributed by atoms with Gasteiger partial charge in [0.15, 0.2) is 0 Å². The van der Waals surface area contributed by atoms with E-state index in [2.05, 4.69) is 41.6 Å². The first-order valence-electron chi connectivity index (χ1n) is 6.93. The number of likely N-dealkylation sites (N-methyl/N-ethyl adjacent to an activating group) is 1. The summed E-state index contributed by atoms with van der Waals surface area (Å²) in [5.74, 6) is 0. The molecule has 1 unspecified atom stereocenters. The highest BCUT2D eigenvalue weighted by molar-refractivity contribution is 7.07. The fourth-order valence-electron chi connectivity index (χ4n) is 2.88. The second kappa shape index (κ2) is 6.13. The quantitative estimate of drug-likeness (QED) is 0.888. The molecule has 1 saturated carbocycles. The van der Waals surface area contributed by atoms with Crippen LogP contribution in [0.25, 0.3) is 0 Å². The molecule has 3 nitrogen and oxygen atoms in total. The first-order chi connectivity index (χ1) is 8.64. The van der Waals surface area contributed by atoms with E-state index in [0.29, 0.717) is 11.6 Å². The number of hydrogen-bond donors (Lipinski definition) is 1. The zero-order chi connectivity index (χ0) is 13.0. The fraction of sp³-hybridized carbons (Fsp3) is 0.786. The van der Waals surface area contributed by atoms with Gasteiger partial charge in [-0.3, -0.25) is 0 Å². The zero-order valence-electron chi connectivity index (χ0n) is 11.8. The van der Waals surface area contributed by atoms with E-state index in [1.54, 1.807) is 11.3 Å². The molecule has 1 fully saturated rings. The normalized spacial score (nSPS) is 21.1.